The number of aliphatic hydroxyl groups is 1. The van der Waals surface area contributed by atoms with Crippen LogP contribution in [0, 0.1) is 5.92 Å². The van der Waals surface area contributed by atoms with Crippen molar-refractivity contribution in [1.29, 1.82) is 0 Å². The lowest BCUT2D eigenvalue weighted by molar-refractivity contribution is -0.169. The number of hydrogen-bond acceptors (Lipinski definition) is 5. The lowest BCUT2D eigenvalue weighted by Gasteiger charge is -2.23. The zero-order valence-electron chi connectivity index (χ0n) is 10.6. The fourth-order valence-corrected chi connectivity index (χ4v) is 1.47. The molecule has 0 aliphatic heterocycles. The number of rotatable bonds is 10. The zero-order chi connectivity index (χ0) is 13.3. The predicted octanol–water partition coefficient (Wildman–Crippen LogP) is 0.484. The van der Waals surface area contributed by atoms with Gasteiger partial charge < -0.3 is 24.4 Å². The molecule has 0 aliphatic rings. The Labute approximate surface area is 101 Å². The summed E-state index contributed by atoms with van der Waals surface area (Å²) >= 11 is 0. The molecular formula is C11H22O6. The van der Waals surface area contributed by atoms with Gasteiger partial charge in [-0.2, -0.15) is 0 Å². The van der Waals surface area contributed by atoms with E-state index in [9.17, 15) is 9.90 Å². The first kappa shape index (κ1) is 16.3. The van der Waals surface area contributed by atoms with E-state index in [2.05, 4.69) is 0 Å². The van der Waals surface area contributed by atoms with Crippen LogP contribution >= 0.6 is 0 Å². The fraction of sp³-hybridized carbons (Fsp3) is 0.909. The summed E-state index contributed by atoms with van der Waals surface area (Å²) < 4.78 is 15.2. The highest BCUT2D eigenvalue weighted by atomic mass is 16.7. The number of hydrogen-bond donors (Lipinski definition) is 2. The first-order valence-electron chi connectivity index (χ1n) is 5.69. The normalized spacial score (nSPS) is 14.9. The molecule has 0 aliphatic carbocycles. The van der Waals surface area contributed by atoms with Crippen molar-refractivity contribution in [3.63, 3.8) is 0 Å². The molecule has 0 amide bonds. The smallest absolute Gasteiger partial charge is 0.309 e. The lowest BCUT2D eigenvalue weighted by atomic mass is 9.99. The molecule has 2 atom stereocenters. The quantitative estimate of drug-likeness (QED) is 0.549. The first-order chi connectivity index (χ1) is 8.06. The topological polar surface area (TPSA) is 85.2 Å². The van der Waals surface area contributed by atoms with Crippen molar-refractivity contribution in [3.8, 4) is 0 Å². The maximum Gasteiger partial charge on any atom is 0.309 e. The van der Waals surface area contributed by atoms with Crippen LogP contribution in [0.1, 0.15) is 20.3 Å². The standard InChI is InChI=1S/C11H22O6/c1-4-16-10(17-5-2)6-8(11(13)14)9(12)7-15-3/h8-10,12H,4-7H2,1-3H3,(H,13,14). The molecule has 6 heteroatoms. The van der Waals surface area contributed by atoms with Crippen LogP contribution in [0.4, 0.5) is 0 Å². The predicted molar refractivity (Wildman–Crippen MR) is 60.7 cm³/mol. The molecule has 2 N–H and O–H groups in total. The van der Waals surface area contributed by atoms with Crippen LogP contribution in [-0.4, -0.2) is 55.5 Å². The van der Waals surface area contributed by atoms with Crippen molar-refractivity contribution in [3.05, 3.63) is 0 Å². The van der Waals surface area contributed by atoms with Gasteiger partial charge in [-0.1, -0.05) is 0 Å². The Morgan fingerprint density at radius 3 is 2.12 bits per heavy atom. The van der Waals surface area contributed by atoms with E-state index in [1.165, 1.54) is 7.11 Å². The van der Waals surface area contributed by atoms with E-state index in [1.54, 1.807) is 13.8 Å². The number of carboxylic acids is 1. The molecule has 0 heterocycles. The van der Waals surface area contributed by atoms with Crippen LogP contribution in [0.3, 0.4) is 0 Å². The van der Waals surface area contributed by atoms with Crippen LogP contribution in [-0.2, 0) is 19.0 Å². The molecule has 0 fully saturated rings. The Kier molecular flexibility index (Phi) is 8.97. The summed E-state index contributed by atoms with van der Waals surface area (Å²) in [5.74, 6) is -2.04. The number of carbonyl (C=O) groups is 1. The summed E-state index contributed by atoms with van der Waals surface area (Å²) in [6, 6.07) is 0. The minimum atomic E-state index is -1.08. The van der Waals surface area contributed by atoms with Crippen molar-refractivity contribution < 1.29 is 29.2 Å². The molecule has 0 spiro atoms. The third kappa shape index (κ3) is 6.58. The summed E-state index contributed by atoms with van der Waals surface area (Å²) in [7, 11) is 1.41. The third-order valence-corrected chi connectivity index (χ3v) is 2.27. The van der Waals surface area contributed by atoms with Gasteiger partial charge in [0, 0.05) is 26.7 Å². The van der Waals surface area contributed by atoms with Crippen LogP contribution in [0.5, 0.6) is 0 Å². The van der Waals surface area contributed by atoms with E-state index in [-0.39, 0.29) is 13.0 Å². The van der Waals surface area contributed by atoms with Crippen molar-refractivity contribution in [2.75, 3.05) is 26.9 Å². The number of carboxylic acid groups (broad SMARTS) is 1. The van der Waals surface area contributed by atoms with Gasteiger partial charge in [-0.05, 0) is 13.8 Å². The Balaban J connectivity index is 4.42. The largest absolute Gasteiger partial charge is 0.481 e. The SMILES string of the molecule is CCOC(CC(C(=O)O)C(O)COC)OCC. The number of aliphatic carboxylic acids is 1. The Morgan fingerprint density at radius 2 is 1.76 bits per heavy atom. The number of ether oxygens (including phenoxy) is 3. The van der Waals surface area contributed by atoms with Crippen molar-refractivity contribution >= 4 is 5.97 Å². The second kappa shape index (κ2) is 9.35. The van der Waals surface area contributed by atoms with Gasteiger partial charge in [-0.15, -0.1) is 0 Å². The summed E-state index contributed by atoms with van der Waals surface area (Å²) in [6.07, 6.45) is -1.58. The summed E-state index contributed by atoms with van der Waals surface area (Å²) in [5, 5.41) is 18.7. The van der Waals surface area contributed by atoms with Gasteiger partial charge >= 0.3 is 5.97 Å². The molecule has 0 aromatic rings. The molecule has 0 rings (SSSR count). The van der Waals surface area contributed by atoms with Crippen molar-refractivity contribution in [2.24, 2.45) is 5.92 Å². The molecule has 0 radical (unpaired) electrons. The Morgan fingerprint density at radius 1 is 1.24 bits per heavy atom. The van der Waals surface area contributed by atoms with E-state index < -0.39 is 24.3 Å². The van der Waals surface area contributed by atoms with Gasteiger partial charge in [0.15, 0.2) is 6.29 Å². The molecule has 0 saturated heterocycles. The van der Waals surface area contributed by atoms with Gasteiger partial charge in [-0.25, -0.2) is 0 Å². The molecule has 0 bridgehead atoms. The average molecular weight is 250 g/mol. The number of methoxy groups -OCH3 is 1. The van der Waals surface area contributed by atoms with Gasteiger partial charge in [0.25, 0.3) is 0 Å². The van der Waals surface area contributed by atoms with Crippen molar-refractivity contribution in [2.45, 2.75) is 32.7 Å². The minimum absolute atomic E-state index is 0.0259. The molecule has 6 nitrogen and oxygen atoms in total. The van der Waals surface area contributed by atoms with E-state index >= 15 is 0 Å². The minimum Gasteiger partial charge on any atom is -0.481 e. The average Bonchev–Trinajstić information content (AvgIpc) is 2.26. The maximum absolute atomic E-state index is 11.0. The van der Waals surface area contributed by atoms with E-state index in [0.717, 1.165) is 0 Å². The highest BCUT2D eigenvalue weighted by molar-refractivity contribution is 5.70. The fourth-order valence-electron chi connectivity index (χ4n) is 1.47. The van der Waals surface area contributed by atoms with E-state index in [1.807, 2.05) is 0 Å². The molecular weight excluding hydrogens is 228 g/mol. The van der Waals surface area contributed by atoms with Gasteiger partial charge in [0.05, 0.1) is 18.6 Å². The van der Waals surface area contributed by atoms with Gasteiger partial charge in [-0.3, -0.25) is 4.79 Å². The highest BCUT2D eigenvalue weighted by Crippen LogP contribution is 2.16. The van der Waals surface area contributed by atoms with Crippen molar-refractivity contribution in [1.82, 2.24) is 0 Å². The number of aliphatic hydroxyl groups excluding tert-OH is 1. The second-order valence-electron chi connectivity index (χ2n) is 3.54. The van der Waals surface area contributed by atoms with Gasteiger partial charge in [0.2, 0.25) is 0 Å². The highest BCUT2D eigenvalue weighted by Gasteiger charge is 2.30. The van der Waals surface area contributed by atoms with Crippen LogP contribution in [0.2, 0.25) is 0 Å². The molecule has 0 aromatic carbocycles. The van der Waals surface area contributed by atoms with Crippen LogP contribution in [0.15, 0.2) is 0 Å². The third-order valence-electron chi connectivity index (χ3n) is 2.27. The molecule has 0 saturated carbocycles. The molecule has 17 heavy (non-hydrogen) atoms. The van der Waals surface area contributed by atoms with Gasteiger partial charge in [0.1, 0.15) is 0 Å². The Bertz CT molecular complexity index is 202. The first-order valence-corrected chi connectivity index (χ1v) is 5.69. The zero-order valence-corrected chi connectivity index (χ0v) is 10.6. The van der Waals surface area contributed by atoms with E-state index in [4.69, 9.17) is 19.3 Å². The summed E-state index contributed by atoms with van der Waals surface area (Å²) in [5.41, 5.74) is 0. The van der Waals surface area contributed by atoms with E-state index in [0.29, 0.717) is 13.2 Å². The van der Waals surface area contributed by atoms with Crippen LogP contribution in [0.25, 0.3) is 0 Å². The molecule has 2 unspecified atom stereocenters. The lowest BCUT2D eigenvalue weighted by Crippen LogP contribution is -2.36. The Hall–Kier alpha value is -0.690. The molecule has 0 aromatic heterocycles. The monoisotopic (exact) mass is 250 g/mol. The second-order valence-corrected chi connectivity index (χ2v) is 3.54. The molecule has 102 valence electrons. The maximum atomic E-state index is 11.0. The summed E-state index contributed by atoms with van der Waals surface area (Å²) in [4.78, 5) is 11.0. The van der Waals surface area contributed by atoms with Crippen LogP contribution < -0.4 is 0 Å². The summed E-state index contributed by atoms with van der Waals surface area (Å²) in [6.45, 7) is 4.43.